The highest BCUT2D eigenvalue weighted by atomic mass is 15.1. The minimum absolute atomic E-state index is 1.01. The molecule has 3 rings (SSSR count). The van der Waals surface area contributed by atoms with Crippen molar-refractivity contribution in [3.8, 4) is 5.82 Å². The highest BCUT2D eigenvalue weighted by Gasteiger charge is 2.06. The van der Waals surface area contributed by atoms with Crippen LogP contribution in [-0.4, -0.2) is 14.5 Å². The van der Waals surface area contributed by atoms with Gasteiger partial charge in [-0.25, -0.2) is 4.98 Å². The van der Waals surface area contributed by atoms with Gasteiger partial charge in [0.2, 0.25) is 0 Å². The molecule has 1 aromatic carbocycles. The molecule has 2 aromatic heterocycles. The van der Waals surface area contributed by atoms with E-state index in [-0.39, 0.29) is 0 Å². The highest BCUT2D eigenvalue weighted by Crippen LogP contribution is 2.22. The van der Waals surface area contributed by atoms with Gasteiger partial charge >= 0.3 is 0 Å². The van der Waals surface area contributed by atoms with Gasteiger partial charge in [0.05, 0.1) is 18.0 Å². The predicted molar refractivity (Wildman–Crippen MR) is 60.2 cm³/mol. The number of H-pyrrole nitrogens is 1. The molecule has 0 aliphatic rings. The zero-order chi connectivity index (χ0) is 10.3. The second-order valence-corrected chi connectivity index (χ2v) is 3.62. The lowest BCUT2D eigenvalue weighted by Gasteiger charge is -2.03. The molecule has 0 atom stereocenters. The fourth-order valence-electron chi connectivity index (χ4n) is 1.98. The van der Waals surface area contributed by atoms with Crippen LogP contribution < -0.4 is 0 Å². The molecule has 15 heavy (non-hydrogen) atoms. The molecule has 3 nitrogen and oxygen atoms in total. The van der Waals surface area contributed by atoms with Gasteiger partial charge in [0.15, 0.2) is 0 Å². The first-order valence-electron chi connectivity index (χ1n) is 4.92. The Balaban J connectivity index is 2.39. The topological polar surface area (TPSA) is 33.6 Å². The van der Waals surface area contributed by atoms with Crippen LogP contribution in [-0.2, 0) is 0 Å². The number of aromatic nitrogens is 3. The Morgan fingerprint density at radius 1 is 1.27 bits per heavy atom. The molecule has 0 radical (unpaired) electrons. The molecule has 0 saturated heterocycles. The van der Waals surface area contributed by atoms with Crippen LogP contribution in [0, 0.1) is 6.92 Å². The number of aryl methyl sites for hydroxylation is 1. The van der Waals surface area contributed by atoms with Crippen molar-refractivity contribution in [2.45, 2.75) is 6.92 Å². The maximum absolute atomic E-state index is 4.05. The van der Waals surface area contributed by atoms with E-state index in [4.69, 9.17) is 0 Å². The molecule has 3 aromatic rings. The fourth-order valence-corrected chi connectivity index (χ4v) is 1.98. The zero-order valence-electron chi connectivity index (χ0n) is 8.44. The molecular weight excluding hydrogens is 186 g/mol. The van der Waals surface area contributed by atoms with Crippen LogP contribution in [0.5, 0.6) is 0 Å². The van der Waals surface area contributed by atoms with Gasteiger partial charge in [-0.3, -0.25) is 4.57 Å². The molecular formula is C12H11N3. The Labute approximate surface area is 87.4 Å². The monoisotopic (exact) mass is 197 g/mol. The summed E-state index contributed by atoms with van der Waals surface area (Å²) in [7, 11) is 0. The van der Waals surface area contributed by atoms with Gasteiger partial charge in [-0.2, -0.15) is 0 Å². The number of imidazole rings is 1. The molecule has 0 aliphatic carbocycles. The van der Waals surface area contributed by atoms with Crippen molar-refractivity contribution in [2.24, 2.45) is 0 Å². The van der Waals surface area contributed by atoms with Crippen molar-refractivity contribution in [1.29, 1.82) is 0 Å². The van der Waals surface area contributed by atoms with Crippen molar-refractivity contribution in [3.05, 3.63) is 48.5 Å². The van der Waals surface area contributed by atoms with E-state index in [9.17, 15) is 0 Å². The molecule has 2 heterocycles. The normalized spacial score (nSPS) is 11.0. The number of nitrogens with zero attached hydrogens (tertiary/aromatic N) is 2. The number of nitrogens with one attached hydrogen (secondary N) is 1. The summed E-state index contributed by atoms with van der Waals surface area (Å²) in [5.41, 5.74) is 2.42. The van der Waals surface area contributed by atoms with Gasteiger partial charge in [0, 0.05) is 11.1 Å². The summed E-state index contributed by atoms with van der Waals surface area (Å²) in [6, 6.07) is 10.5. The minimum Gasteiger partial charge on any atom is -0.331 e. The van der Waals surface area contributed by atoms with E-state index in [1.165, 1.54) is 16.6 Å². The van der Waals surface area contributed by atoms with Crippen LogP contribution in [0.2, 0.25) is 0 Å². The Morgan fingerprint density at radius 3 is 2.93 bits per heavy atom. The van der Waals surface area contributed by atoms with Gasteiger partial charge < -0.3 is 4.98 Å². The van der Waals surface area contributed by atoms with E-state index in [1.54, 1.807) is 6.33 Å². The number of para-hydroxylation sites is 1. The Morgan fingerprint density at radius 2 is 2.13 bits per heavy atom. The van der Waals surface area contributed by atoms with Crippen LogP contribution in [0.3, 0.4) is 0 Å². The quantitative estimate of drug-likeness (QED) is 0.639. The summed E-state index contributed by atoms with van der Waals surface area (Å²) in [5, 5.41) is 1.25. The van der Waals surface area contributed by atoms with Crippen molar-refractivity contribution in [1.82, 2.24) is 14.5 Å². The van der Waals surface area contributed by atoms with Crippen LogP contribution in [0.1, 0.15) is 5.69 Å². The van der Waals surface area contributed by atoms with E-state index in [0.717, 1.165) is 5.82 Å². The molecule has 0 bridgehead atoms. The maximum atomic E-state index is 4.05. The summed E-state index contributed by atoms with van der Waals surface area (Å²) in [6.07, 6.45) is 3.53. The fraction of sp³-hybridized carbons (Fsp3) is 0.0833. The molecule has 1 N–H and O–H groups in total. The van der Waals surface area contributed by atoms with Crippen molar-refractivity contribution >= 4 is 10.9 Å². The summed E-state index contributed by atoms with van der Waals surface area (Å²) >= 11 is 0. The van der Waals surface area contributed by atoms with Crippen LogP contribution >= 0.6 is 0 Å². The lowest BCUT2D eigenvalue weighted by molar-refractivity contribution is 1.01. The zero-order valence-corrected chi connectivity index (χ0v) is 8.44. The number of aromatic amines is 1. The number of hydrogen-bond donors (Lipinski definition) is 1. The van der Waals surface area contributed by atoms with Gasteiger partial charge in [0.25, 0.3) is 0 Å². The van der Waals surface area contributed by atoms with E-state index in [1.807, 2.05) is 6.20 Å². The minimum atomic E-state index is 1.01. The van der Waals surface area contributed by atoms with Gasteiger partial charge in [0.1, 0.15) is 5.82 Å². The van der Waals surface area contributed by atoms with Crippen molar-refractivity contribution in [3.63, 3.8) is 0 Å². The van der Waals surface area contributed by atoms with E-state index >= 15 is 0 Å². The number of benzene rings is 1. The maximum Gasteiger partial charge on any atom is 0.134 e. The highest BCUT2D eigenvalue weighted by molar-refractivity contribution is 5.82. The summed E-state index contributed by atoms with van der Waals surface area (Å²) in [5.74, 6) is 1.01. The van der Waals surface area contributed by atoms with Gasteiger partial charge in [-0.1, -0.05) is 18.2 Å². The Bertz CT molecular complexity index is 590. The standard InChI is InChI=1S/C12H11N3/c1-9-6-10-4-2-3-5-11(10)15(9)12-7-13-8-14-12/h2-8H,1H3,(H,13,14). The third kappa shape index (κ3) is 1.16. The Kier molecular flexibility index (Phi) is 1.65. The first-order valence-corrected chi connectivity index (χ1v) is 4.92. The number of fused-ring (bicyclic) bond motifs is 1. The largest absolute Gasteiger partial charge is 0.331 e. The van der Waals surface area contributed by atoms with Gasteiger partial charge in [-0.05, 0) is 19.1 Å². The average molecular weight is 197 g/mol. The van der Waals surface area contributed by atoms with E-state index < -0.39 is 0 Å². The molecule has 0 spiro atoms. The first kappa shape index (κ1) is 8.29. The third-order valence-electron chi connectivity index (χ3n) is 2.62. The lowest BCUT2D eigenvalue weighted by Crippen LogP contribution is -1.95. The summed E-state index contributed by atoms with van der Waals surface area (Å²) in [6.45, 7) is 2.10. The van der Waals surface area contributed by atoms with Gasteiger partial charge in [-0.15, -0.1) is 0 Å². The van der Waals surface area contributed by atoms with Crippen LogP contribution in [0.25, 0.3) is 16.7 Å². The van der Waals surface area contributed by atoms with E-state index in [2.05, 4.69) is 51.8 Å². The molecule has 0 amide bonds. The second kappa shape index (κ2) is 2.98. The summed E-state index contributed by atoms with van der Waals surface area (Å²) in [4.78, 5) is 7.17. The molecule has 0 fully saturated rings. The average Bonchev–Trinajstić information content (AvgIpc) is 2.82. The Hall–Kier alpha value is -2.03. The van der Waals surface area contributed by atoms with Crippen LogP contribution in [0.4, 0.5) is 0 Å². The SMILES string of the molecule is Cc1cc2ccccc2n1-c1cnc[nH]1. The second-order valence-electron chi connectivity index (χ2n) is 3.62. The number of rotatable bonds is 1. The molecule has 74 valence electrons. The smallest absolute Gasteiger partial charge is 0.134 e. The summed E-state index contributed by atoms with van der Waals surface area (Å²) < 4.78 is 2.17. The van der Waals surface area contributed by atoms with Crippen molar-refractivity contribution < 1.29 is 0 Å². The van der Waals surface area contributed by atoms with Crippen LogP contribution in [0.15, 0.2) is 42.9 Å². The van der Waals surface area contributed by atoms with Crippen molar-refractivity contribution in [2.75, 3.05) is 0 Å². The molecule has 0 unspecified atom stereocenters. The first-order chi connectivity index (χ1) is 7.36. The molecule has 0 aliphatic heterocycles. The third-order valence-corrected chi connectivity index (χ3v) is 2.62. The van der Waals surface area contributed by atoms with E-state index in [0.29, 0.717) is 0 Å². The predicted octanol–water partition coefficient (Wildman–Crippen LogP) is 2.66. The number of hydrogen-bond acceptors (Lipinski definition) is 1. The lowest BCUT2D eigenvalue weighted by atomic mass is 10.2. The molecule has 3 heteroatoms. The molecule has 0 saturated carbocycles.